The number of anilines is 2. The van der Waals surface area contributed by atoms with Gasteiger partial charge in [-0.15, -0.1) is 11.3 Å². The van der Waals surface area contributed by atoms with Gasteiger partial charge in [0.1, 0.15) is 10.7 Å². The largest absolute Gasteiger partial charge is 0.326 e. The number of H-pyrrole nitrogens is 1. The number of nitrogens with zero attached hydrogens (tertiary/aromatic N) is 1. The normalized spacial score (nSPS) is 13.4. The summed E-state index contributed by atoms with van der Waals surface area (Å²) in [5, 5.41) is 6.32. The summed E-state index contributed by atoms with van der Waals surface area (Å²) in [6.07, 6.45) is 2.41. The molecule has 0 aliphatic heterocycles. The van der Waals surface area contributed by atoms with Crippen LogP contribution in [0.1, 0.15) is 35.5 Å². The van der Waals surface area contributed by atoms with Crippen molar-refractivity contribution in [3.63, 3.8) is 0 Å². The third-order valence-corrected chi connectivity index (χ3v) is 6.14. The van der Waals surface area contributed by atoms with E-state index in [-0.39, 0.29) is 29.7 Å². The van der Waals surface area contributed by atoms with E-state index in [1.807, 2.05) is 13.8 Å². The molecule has 1 saturated carbocycles. The Morgan fingerprint density at radius 1 is 1.21 bits per heavy atom. The zero-order chi connectivity index (χ0) is 20.5. The number of hydrogen-bond donors (Lipinski definition) is 3. The summed E-state index contributed by atoms with van der Waals surface area (Å²) in [4.78, 5) is 45.6. The Morgan fingerprint density at radius 2 is 1.93 bits per heavy atom. The van der Waals surface area contributed by atoms with Gasteiger partial charge in [-0.2, -0.15) is 0 Å². The zero-order valence-electron chi connectivity index (χ0n) is 16.3. The zero-order valence-corrected chi connectivity index (χ0v) is 17.1. The first kappa shape index (κ1) is 19.3. The van der Waals surface area contributed by atoms with Gasteiger partial charge in [-0.05, 0) is 50.5 Å². The average molecular weight is 410 g/mol. The molecule has 7 nitrogen and oxygen atoms in total. The highest BCUT2D eigenvalue weighted by Crippen LogP contribution is 2.30. The molecule has 0 spiro atoms. The van der Waals surface area contributed by atoms with Crippen molar-refractivity contribution in [1.82, 2.24) is 9.97 Å². The van der Waals surface area contributed by atoms with E-state index in [4.69, 9.17) is 0 Å². The smallest absolute Gasteiger partial charge is 0.259 e. The van der Waals surface area contributed by atoms with Gasteiger partial charge in [-0.3, -0.25) is 14.4 Å². The quantitative estimate of drug-likeness (QED) is 0.578. The summed E-state index contributed by atoms with van der Waals surface area (Å²) < 4.78 is 0. The molecule has 1 aliphatic rings. The van der Waals surface area contributed by atoms with Crippen LogP contribution in [0.5, 0.6) is 0 Å². The van der Waals surface area contributed by atoms with E-state index in [9.17, 15) is 14.4 Å². The summed E-state index contributed by atoms with van der Waals surface area (Å²) in [5.74, 6) is 0.468. The van der Waals surface area contributed by atoms with E-state index in [0.717, 1.165) is 23.3 Å². The molecule has 1 aromatic carbocycles. The molecule has 2 aromatic heterocycles. The highest BCUT2D eigenvalue weighted by molar-refractivity contribution is 7.18. The predicted molar refractivity (Wildman–Crippen MR) is 114 cm³/mol. The number of hydrogen-bond acceptors (Lipinski definition) is 5. The van der Waals surface area contributed by atoms with Gasteiger partial charge < -0.3 is 15.6 Å². The molecule has 3 N–H and O–H groups in total. The van der Waals surface area contributed by atoms with Gasteiger partial charge in [0.25, 0.3) is 5.56 Å². The first-order chi connectivity index (χ1) is 13.9. The van der Waals surface area contributed by atoms with Crippen LogP contribution in [0.2, 0.25) is 0 Å². The van der Waals surface area contributed by atoms with E-state index in [0.29, 0.717) is 33.8 Å². The van der Waals surface area contributed by atoms with Crippen molar-refractivity contribution in [2.24, 2.45) is 5.92 Å². The first-order valence-electron chi connectivity index (χ1n) is 9.60. The molecule has 0 bridgehead atoms. The number of nitrogens with one attached hydrogen (secondary N) is 3. The highest BCUT2D eigenvalue weighted by atomic mass is 32.1. The van der Waals surface area contributed by atoms with Crippen LogP contribution in [0.25, 0.3) is 10.2 Å². The van der Waals surface area contributed by atoms with Crippen LogP contribution in [0.15, 0.2) is 29.1 Å². The van der Waals surface area contributed by atoms with Crippen molar-refractivity contribution in [3.05, 3.63) is 50.9 Å². The molecule has 0 atom stereocenters. The molecule has 1 aliphatic carbocycles. The van der Waals surface area contributed by atoms with Crippen LogP contribution in [-0.2, 0) is 16.0 Å². The lowest BCUT2D eigenvalue weighted by molar-refractivity contribution is -0.117. The van der Waals surface area contributed by atoms with Crippen molar-refractivity contribution in [1.29, 1.82) is 0 Å². The molecule has 1 fully saturated rings. The minimum Gasteiger partial charge on any atom is -0.326 e. The van der Waals surface area contributed by atoms with E-state index < -0.39 is 0 Å². The van der Waals surface area contributed by atoms with Gasteiger partial charge in [0.2, 0.25) is 11.8 Å². The van der Waals surface area contributed by atoms with E-state index in [1.54, 1.807) is 24.3 Å². The lowest BCUT2D eigenvalue weighted by atomic mass is 10.2. The van der Waals surface area contributed by atoms with Crippen molar-refractivity contribution < 1.29 is 9.59 Å². The minimum atomic E-state index is -0.183. The molecule has 150 valence electrons. The van der Waals surface area contributed by atoms with Gasteiger partial charge >= 0.3 is 0 Å². The Labute approximate surface area is 171 Å². The fourth-order valence-electron chi connectivity index (χ4n) is 3.14. The lowest BCUT2D eigenvalue weighted by Crippen LogP contribution is -2.16. The standard InChI is InChI=1S/C21H22N4O3S/c1-11-12(2)29-21-18(11)20(28)24-16(25-21)8-9-17(26)22-14-4-3-5-15(10-14)23-19(27)13-6-7-13/h3-5,10,13H,6-9H2,1-2H3,(H,22,26)(H,23,27)(H,24,25,28). The van der Waals surface area contributed by atoms with Gasteiger partial charge in [0, 0.05) is 35.0 Å². The fraction of sp³-hybridized carbons (Fsp3) is 0.333. The number of rotatable bonds is 6. The van der Waals surface area contributed by atoms with Crippen molar-refractivity contribution in [2.45, 2.75) is 39.5 Å². The summed E-state index contributed by atoms with van der Waals surface area (Å²) in [7, 11) is 0. The molecule has 0 unspecified atom stereocenters. The highest BCUT2D eigenvalue weighted by Gasteiger charge is 2.29. The molecular formula is C21H22N4O3S. The Bertz CT molecular complexity index is 1160. The Kier molecular flexibility index (Phi) is 5.19. The SMILES string of the molecule is Cc1sc2nc(CCC(=O)Nc3cccc(NC(=O)C4CC4)c3)[nH]c(=O)c2c1C. The minimum absolute atomic E-state index is 0.0259. The van der Waals surface area contributed by atoms with Gasteiger partial charge in [0.05, 0.1) is 5.39 Å². The number of carbonyl (C=O) groups excluding carboxylic acids is 2. The number of aromatic amines is 1. The maximum atomic E-state index is 12.3. The maximum Gasteiger partial charge on any atom is 0.259 e. The molecule has 8 heteroatoms. The summed E-state index contributed by atoms with van der Waals surface area (Å²) in [6.45, 7) is 3.88. The molecule has 29 heavy (non-hydrogen) atoms. The summed E-state index contributed by atoms with van der Waals surface area (Å²) in [5.41, 5.74) is 2.08. The van der Waals surface area contributed by atoms with E-state index >= 15 is 0 Å². The predicted octanol–water partition coefficient (Wildman–Crippen LogP) is 3.52. The molecular weight excluding hydrogens is 388 g/mol. The van der Waals surface area contributed by atoms with E-state index in [1.165, 1.54) is 11.3 Å². The first-order valence-corrected chi connectivity index (χ1v) is 10.4. The second-order valence-electron chi connectivity index (χ2n) is 7.37. The monoisotopic (exact) mass is 410 g/mol. The number of carbonyl (C=O) groups is 2. The molecule has 0 radical (unpaired) electrons. The average Bonchev–Trinajstić information content (AvgIpc) is 3.47. The van der Waals surface area contributed by atoms with Gasteiger partial charge in [-0.25, -0.2) is 4.98 Å². The van der Waals surface area contributed by atoms with Crippen molar-refractivity contribution in [3.8, 4) is 0 Å². The number of aryl methyl sites for hydroxylation is 3. The van der Waals surface area contributed by atoms with Gasteiger partial charge in [0.15, 0.2) is 0 Å². The third kappa shape index (κ3) is 4.37. The van der Waals surface area contributed by atoms with Crippen LogP contribution in [-0.4, -0.2) is 21.8 Å². The molecule has 3 aromatic rings. The topological polar surface area (TPSA) is 104 Å². The van der Waals surface area contributed by atoms with Crippen molar-refractivity contribution >= 4 is 44.7 Å². The van der Waals surface area contributed by atoms with Crippen LogP contribution in [0, 0.1) is 19.8 Å². The maximum absolute atomic E-state index is 12.3. The second-order valence-corrected chi connectivity index (χ2v) is 8.57. The fourth-order valence-corrected chi connectivity index (χ4v) is 4.19. The number of thiophene rings is 1. The second kappa shape index (κ2) is 7.79. The lowest BCUT2D eigenvalue weighted by Gasteiger charge is -2.08. The molecule has 2 amide bonds. The number of aromatic nitrogens is 2. The Balaban J connectivity index is 1.38. The molecule has 0 saturated heterocycles. The Hall–Kier alpha value is -3.00. The van der Waals surface area contributed by atoms with Crippen LogP contribution >= 0.6 is 11.3 Å². The van der Waals surface area contributed by atoms with Gasteiger partial charge in [-0.1, -0.05) is 6.07 Å². The Morgan fingerprint density at radius 3 is 2.66 bits per heavy atom. The van der Waals surface area contributed by atoms with Crippen LogP contribution in [0.4, 0.5) is 11.4 Å². The van der Waals surface area contributed by atoms with Crippen molar-refractivity contribution in [2.75, 3.05) is 10.6 Å². The number of fused-ring (bicyclic) bond motifs is 1. The van der Waals surface area contributed by atoms with Crippen LogP contribution in [0.3, 0.4) is 0 Å². The number of benzene rings is 1. The molecule has 4 rings (SSSR count). The summed E-state index contributed by atoms with van der Waals surface area (Å²) in [6, 6.07) is 7.09. The summed E-state index contributed by atoms with van der Waals surface area (Å²) >= 11 is 1.49. The number of amides is 2. The molecule has 2 heterocycles. The van der Waals surface area contributed by atoms with Crippen LogP contribution < -0.4 is 16.2 Å². The van der Waals surface area contributed by atoms with E-state index in [2.05, 4.69) is 20.6 Å². The third-order valence-electron chi connectivity index (χ3n) is 5.04.